The molecule has 8 heteroatoms. The molecule has 0 spiro atoms. The first-order valence-corrected chi connectivity index (χ1v) is 4.82. The summed E-state index contributed by atoms with van der Waals surface area (Å²) in [6, 6.07) is 3.54. The summed E-state index contributed by atoms with van der Waals surface area (Å²) in [6.45, 7) is 0. The van der Waals surface area contributed by atoms with Crippen LogP contribution in [0.2, 0.25) is 0 Å². The lowest BCUT2D eigenvalue weighted by molar-refractivity contribution is -0.104. The molecule has 19 heavy (non-hydrogen) atoms. The molecule has 1 rings (SSSR count). The largest absolute Gasteiger partial charge is 0.415 e. The molecular formula is C11H4F5N3. The zero-order chi connectivity index (χ0) is 14.8. The van der Waals surface area contributed by atoms with Crippen molar-refractivity contribution in [2.75, 3.05) is 0 Å². The highest BCUT2D eigenvalue weighted by Gasteiger charge is 2.50. The molecule has 0 aromatic carbocycles. The Kier molecular flexibility index (Phi) is 3.92. The molecule has 0 aromatic heterocycles. The second-order valence-electron chi connectivity index (χ2n) is 3.61. The zero-order valence-electron chi connectivity index (χ0n) is 9.09. The Morgan fingerprint density at radius 3 is 2.05 bits per heavy atom. The van der Waals surface area contributed by atoms with E-state index in [1.165, 1.54) is 12.1 Å². The highest BCUT2D eigenvalue weighted by atomic mass is 19.4. The molecule has 1 aliphatic carbocycles. The van der Waals surface area contributed by atoms with Gasteiger partial charge < -0.3 is 0 Å². The van der Waals surface area contributed by atoms with E-state index in [0.717, 1.165) is 6.07 Å². The molecule has 0 bridgehead atoms. The van der Waals surface area contributed by atoms with E-state index < -0.39 is 47.2 Å². The Hall–Kier alpha value is -2.40. The number of halogens is 5. The Labute approximate surface area is 104 Å². The van der Waals surface area contributed by atoms with Crippen molar-refractivity contribution in [3.8, 4) is 18.2 Å². The van der Waals surface area contributed by atoms with Crippen LogP contribution in [0.1, 0.15) is 6.42 Å². The Morgan fingerprint density at radius 1 is 1.11 bits per heavy atom. The number of nitriles is 3. The van der Waals surface area contributed by atoms with Crippen LogP contribution in [0.15, 0.2) is 22.5 Å². The zero-order valence-corrected chi connectivity index (χ0v) is 9.09. The maximum absolute atomic E-state index is 13.8. The molecule has 0 radical (unpaired) electrons. The number of nitrogens with zero attached hydrogens (tertiary/aromatic N) is 3. The standard InChI is InChI=1S/C11H4F5N3/c12-9-5(1-2-17)8(11(14,15)16)10(13)7(4-19)6(9)3-18/h5,9H,1H2. The Balaban J connectivity index is 3.61. The summed E-state index contributed by atoms with van der Waals surface area (Å²) in [5.74, 6) is -4.13. The lowest BCUT2D eigenvalue weighted by Gasteiger charge is -2.27. The highest BCUT2D eigenvalue weighted by molar-refractivity contribution is 5.56. The van der Waals surface area contributed by atoms with Crippen LogP contribution >= 0.6 is 0 Å². The molecule has 0 fully saturated rings. The highest BCUT2D eigenvalue weighted by Crippen LogP contribution is 2.45. The first-order chi connectivity index (χ1) is 8.79. The summed E-state index contributed by atoms with van der Waals surface area (Å²) in [7, 11) is 0. The van der Waals surface area contributed by atoms with Crippen LogP contribution in [0, 0.1) is 39.9 Å². The van der Waals surface area contributed by atoms with E-state index in [2.05, 4.69) is 0 Å². The topological polar surface area (TPSA) is 71.4 Å². The van der Waals surface area contributed by atoms with Crippen LogP contribution in [0.5, 0.6) is 0 Å². The van der Waals surface area contributed by atoms with Crippen molar-refractivity contribution in [1.29, 1.82) is 15.8 Å². The molecule has 0 aromatic rings. The van der Waals surface area contributed by atoms with Gasteiger partial charge in [-0.25, -0.2) is 8.78 Å². The lowest BCUT2D eigenvalue weighted by Crippen LogP contribution is -2.33. The molecule has 0 amide bonds. The molecule has 3 nitrogen and oxygen atoms in total. The van der Waals surface area contributed by atoms with E-state index in [9.17, 15) is 22.0 Å². The normalized spacial score (nSPS) is 23.7. The molecule has 1 aliphatic rings. The van der Waals surface area contributed by atoms with Crippen molar-refractivity contribution >= 4 is 0 Å². The van der Waals surface area contributed by atoms with Gasteiger partial charge >= 0.3 is 6.18 Å². The summed E-state index contributed by atoms with van der Waals surface area (Å²) < 4.78 is 65.5. The van der Waals surface area contributed by atoms with Gasteiger partial charge in [0.05, 0.1) is 23.3 Å². The van der Waals surface area contributed by atoms with Gasteiger partial charge in [0, 0.05) is 12.3 Å². The monoisotopic (exact) mass is 273 g/mol. The number of allylic oxidation sites excluding steroid dienone is 4. The van der Waals surface area contributed by atoms with E-state index in [1.807, 2.05) is 0 Å². The van der Waals surface area contributed by atoms with E-state index in [1.54, 1.807) is 0 Å². The minimum Gasteiger partial charge on any atom is -0.241 e. The van der Waals surface area contributed by atoms with Gasteiger partial charge in [-0.1, -0.05) is 0 Å². The van der Waals surface area contributed by atoms with E-state index in [4.69, 9.17) is 15.8 Å². The van der Waals surface area contributed by atoms with Crippen LogP contribution in [0.4, 0.5) is 22.0 Å². The van der Waals surface area contributed by atoms with Crippen LogP contribution in [-0.2, 0) is 0 Å². The summed E-state index contributed by atoms with van der Waals surface area (Å²) >= 11 is 0. The predicted octanol–water partition coefficient (Wildman–Crippen LogP) is 3.00. The molecule has 98 valence electrons. The lowest BCUT2D eigenvalue weighted by atomic mass is 9.80. The number of rotatable bonds is 1. The third kappa shape index (κ3) is 2.41. The van der Waals surface area contributed by atoms with Crippen molar-refractivity contribution in [3.63, 3.8) is 0 Å². The average Bonchev–Trinajstić information content (AvgIpc) is 2.31. The van der Waals surface area contributed by atoms with Gasteiger partial charge in [-0.05, 0) is 0 Å². The number of hydrogen-bond donors (Lipinski definition) is 0. The van der Waals surface area contributed by atoms with E-state index in [0.29, 0.717) is 0 Å². The van der Waals surface area contributed by atoms with Crippen LogP contribution < -0.4 is 0 Å². The second-order valence-corrected chi connectivity index (χ2v) is 3.61. The molecule has 0 saturated carbocycles. The van der Waals surface area contributed by atoms with Gasteiger partial charge in [0.2, 0.25) is 0 Å². The molecular weight excluding hydrogens is 269 g/mol. The first kappa shape index (κ1) is 14.7. The minimum absolute atomic E-state index is 0.951. The van der Waals surface area contributed by atoms with Crippen molar-refractivity contribution in [1.82, 2.24) is 0 Å². The molecule has 0 N–H and O–H groups in total. The molecule has 2 atom stereocenters. The van der Waals surface area contributed by atoms with Crippen molar-refractivity contribution in [2.24, 2.45) is 5.92 Å². The van der Waals surface area contributed by atoms with Gasteiger partial charge in [0.1, 0.15) is 17.8 Å². The summed E-state index contributed by atoms with van der Waals surface area (Å²) in [5, 5.41) is 25.5. The van der Waals surface area contributed by atoms with Gasteiger partial charge in [-0.3, -0.25) is 0 Å². The third-order valence-corrected chi connectivity index (χ3v) is 2.57. The van der Waals surface area contributed by atoms with Crippen LogP contribution in [0.3, 0.4) is 0 Å². The average molecular weight is 273 g/mol. The van der Waals surface area contributed by atoms with Crippen LogP contribution in [0.25, 0.3) is 0 Å². The Bertz CT molecular complexity index is 579. The third-order valence-electron chi connectivity index (χ3n) is 2.57. The smallest absolute Gasteiger partial charge is 0.241 e. The number of alkyl halides is 4. The molecule has 0 heterocycles. The molecule has 0 aliphatic heterocycles. The van der Waals surface area contributed by atoms with Crippen molar-refractivity contribution < 1.29 is 22.0 Å². The second kappa shape index (κ2) is 5.07. The molecule has 0 saturated heterocycles. The molecule has 2 unspecified atom stereocenters. The fraction of sp³-hybridized carbons (Fsp3) is 0.364. The van der Waals surface area contributed by atoms with Crippen molar-refractivity contribution in [3.05, 3.63) is 22.5 Å². The van der Waals surface area contributed by atoms with E-state index >= 15 is 0 Å². The summed E-state index contributed by atoms with van der Waals surface area (Å²) in [6.07, 6.45) is -8.71. The van der Waals surface area contributed by atoms with Gasteiger partial charge in [0.15, 0.2) is 5.83 Å². The van der Waals surface area contributed by atoms with Gasteiger partial charge in [0.25, 0.3) is 0 Å². The van der Waals surface area contributed by atoms with Gasteiger partial charge in [-0.2, -0.15) is 29.0 Å². The maximum atomic E-state index is 13.8. The fourth-order valence-corrected chi connectivity index (χ4v) is 1.77. The van der Waals surface area contributed by atoms with Crippen molar-refractivity contribution in [2.45, 2.75) is 18.8 Å². The van der Waals surface area contributed by atoms with Gasteiger partial charge in [-0.15, -0.1) is 0 Å². The first-order valence-electron chi connectivity index (χ1n) is 4.82. The fourth-order valence-electron chi connectivity index (χ4n) is 1.77. The predicted molar refractivity (Wildman–Crippen MR) is 51.1 cm³/mol. The minimum atomic E-state index is -5.22. The van der Waals surface area contributed by atoms with Crippen LogP contribution in [-0.4, -0.2) is 12.3 Å². The quantitative estimate of drug-likeness (QED) is 0.689. The summed E-state index contributed by atoms with van der Waals surface area (Å²) in [4.78, 5) is 0. The summed E-state index contributed by atoms with van der Waals surface area (Å²) in [5.41, 5.74) is -4.19. The maximum Gasteiger partial charge on any atom is 0.415 e. The SMILES string of the molecule is N#CCC1C(C(F)(F)F)=C(F)C(C#N)=C(C#N)C1F. The van der Waals surface area contributed by atoms with E-state index in [-0.39, 0.29) is 0 Å². The number of hydrogen-bond acceptors (Lipinski definition) is 3. The Morgan fingerprint density at radius 2 is 1.68 bits per heavy atom.